The van der Waals surface area contributed by atoms with Crippen LogP contribution in [0.4, 0.5) is 5.69 Å². The Morgan fingerprint density at radius 2 is 1.96 bits per heavy atom. The van der Waals surface area contributed by atoms with Crippen molar-refractivity contribution in [1.29, 1.82) is 0 Å². The molecule has 0 fully saturated rings. The van der Waals surface area contributed by atoms with Crippen molar-refractivity contribution < 1.29 is 9.84 Å². The molecule has 0 unspecified atom stereocenters. The number of fused-ring (bicyclic) bond motifs is 1. The average Bonchev–Trinajstić information content (AvgIpc) is 2.83. The number of hydrogen-bond acceptors (Lipinski definition) is 4. The molecule has 3 rings (SSSR count). The second-order valence-corrected chi connectivity index (χ2v) is 5.98. The second kappa shape index (κ2) is 6.35. The number of hydrogen-bond donors (Lipinski definition) is 1. The van der Waals surface area contributed by atoms with Gasteiger partial charge in [-0.25, -0.2) is 0 Å². The number of benzene rings is 2. The maximum atomic E-state index is 11.1. The van der Waals surface area contributed by atoms with Crippen molar-refractivity contribution in [2.24, 2.45) is 5.18 Å². The smallest absolute Gasteiger partial charge is 0.222 e. The quantitative estimate of drug-likeness (QED) is 0.689. The molecular weight excluding hydrogens is 304 g/mol. The lowest BCUT2D eigenvalue weighted by Gasteiger charge is -2.11. The van der Waals surface area contributed by atoms with E-state index < -0.39 is 0 Å². The van der Waals surface area contributed by atoms with Crippen molar-refractivity contribution in [2.45, 2.75) is 27.3 Å². The monoisotopic (exact) mass is 324 g/mol. The van der Waals surface area contributed by atoms with Crippen molar-refractivity contribution in [1.82, 2.24) is 4.57 Å². The molecule has 1 N–H and O–H groups in total. The van der Waals surface area contributed by atoms with E-state index in [0.29, 0.717) is 18.5 Å². The van der Waals surface area contributed by atoms with Crippen LogP contribution in [0.1, 0.15) is 16.7 Å². The third kappa shape index (κ3) is 2.73. The molecule has 5 nitrogen and oxygen atoms in total. The lowest BCUT2D eigenvalue weighted by molar-refractivity contribution is 0.290. The van der Waals surface area contributed by atoms with Crippen molar-refractivity contribution in [3.8, 4) is 11.6 Å². The zero-order valence-corrected chi connectivity index (χ0v) is 14.0. The highest BCUT2D eigenvalue weighted by molar-refractivity contribution is 5.97. The van der Waals surface area contributed by atoms with Gasteiger partial charge in [0.1, 0.15) is 12.4 Å². The average molecular weight is 324 g/mol. The molecule has 0 saturated heterocycles. The number of rotatable bonds is 5. The van der Waals surface area contributed by atoms with E-state index in [1.165, 1.54) is 0 Å². The molecule has 0 spiro atoms. The molecule has 2 aromatic carbocycles. The van der Waals surface area contributed by atoms with E-state index in [2.05, 4.69) is 5.18 Å². The van der Waals surface area contributed by atoms with Gasteiger partial charge in [-0.05, 0) is 54.8 Å². The number of nitroso groups, excluding NO2 is 1. The fourth-order valence-electron chi connectivity index (χ4n) is 2.96. The maximum absolute atomic E-state index is 11.1. The molecule has 0 amide bonds. The van der Waals surface area contributed by atoms with Crippen LogP contribution in [0.2, 0.25) is 0 Å². The summed E-state index contributed by atoms with van der Waals surface area (Å²) in [4.78, 5) is 11.1. The molecule has 1 heterocycles. The van der Waals surface area contributed by atoms with Gasteiger partial charge in [0.25, 0.3) is 0 Å². The summed E-state index contributed by atoms with van der Waals surface area (Å²) in [5, 5.41) is 14.1. The van der Waals surface area contributed by atoms with Gasteiger partial charge in [-0.3, -0.25) is 0 Å². The molecule has 0 atom stereocenters. The number of ether oxygens (including phenoxy) is 1. The van der Waals surface area contributed by atoms with Gasteiger partial charge < -0.3 is 14.4 Å². The Labute approximate surface area is 140 Å². The molecule has 24 heavy (non-hydrogen) atoms. The van der Waals surface area contributed by atoms with Gasteiger partial charge >= 0.3 is 0 Å². The summed E-state index contributed by atoms with van der Waals surface area (Å²) in [6, 6.07) is 11.6. The predicted molar refractivity (Wildman–Crippen MR) is 95.2 cm³/mol. The van der Waals surface area contributed by atoms with Gasteiger partial charge in [0, 0.05) is 5.39 Å². The van der Waals surface area contributed by atoms with Crippen LogP contribution < -0.4 is 4.74 Å². The predicted octanol–water partition coefficient (Wildman–Crippen LogP) is 4.75. The maximum Gasteiger partial charge on any atom is 0.222 e. The molecule has 0 bridgehead atoms. The van der Waals surface area contributed by atoms with Gasteiger partial charge in [-0.1, -0.05) is 24.3 Å². The SMILES string of the molecule is Cc1cccc(OCCn2c(O)c(N=O)c3ccc(C)c(C)c32)c1. The van der Waals surface area contributed by atoms with E-state index in [4.69, 9.17) is 4.74 Å². The van der Waals surface area contributed by atoms with E-state index in [0.717, 1.165) is 28.0 Å². The molecule has 124 valence electrons. The number of aromatic hydroxyl groups is 1. The van der Waals surface area contributed by atoms with Crippen LogP contribution in [0.5, 0.6) is 11.6 Å². The first-order chi connectivity index (χ1) is 11.5. The molecule has 5 heteroatoms. The highest BCUT2D eigenvalue weighted by atomic mass is 16.5. The zero-order valence-electron chi connectivity index (χ0n) is 14.0. The van der Waals surface area contributed by atoms with Gasteiger partial charge in [-0.15, -0.1) is 4.91 Å². The topological polar surface area (TPSA) is 63.8 Å². The van der Waals surface area contributed by atoms with E-state index >= 15 is 0 Å². The molecule has 0 aliphatic rings. The molecule has 1 aromatic heterocycles. The minimum atomic E-state index is -0.110. The third-order valence-electron chi connectivity index (χ3n) is 4.36. The van der Waals surface area contributed by atoms with Crippen LogP contribution in [-0.4, -0.2) is 16.3 Å². The Morgan fingerprint density at radius 3 is 2.67 bits per heavy atom. The Kier molecular flexibility index (Phi) is 4.25. The van der Waals surface area contributed by atoms with Crippen LogP contribution in [0.15, 0.2) is 41.6 Å². The fraction of sp³-hybridized carbons (Fsp3) is 0.263. The second-order valence-electron chi connectivity index (χ2n) is 5.98. The Hall–Kier alpha value is -2.82. The minimum absolute atomic E-state index is 0.0867. The summed E-state index contributed by atoms with van der Waals surface area (Å²) < 4.78 is 7.47. The van der Waals surface area contributed by atoms with Crippen molar-refractivity contribution >= 4 is 16.6 Å². The summed E-state index contributed by atoms with van der Waals surface area (Å²) in [6.07, 6.45) is 0. The van der Waals surface area contributed by atoms with E-state index in [-0.39, 0.29) is 11.6 Å². The first-order valence-corrected chi connectivity index (χ1v) is 7.87. The largest absolute Gasteiger partial charge is 0.493 e. The van der Waals surface area contributed by atoms with Crippen LogP contribution in [0.25, 0.3) is 10.9 Å². The molecule has 0 radical (unpaired) electrons. The van der Waals surface area contributed by atoms with E-state index in [1.807, 2.05) is 57.2 Å². The highest BCUT2D eigenvalue weighted by Crippen LogP contribution is 2.40. The number of aryl methyl sites for hydroxylation is 3. The third-order valence-corrected chi connectivity index (χ3v) is 4.36. The lowest BCUT2D eigenvalue weighted by Crippen LogP contribution is -2.08. The summed E-state index contributed by atoms with van der Waals surface area (Å²) >= 11 is 0. The summed E-state index contributed by atoms with van der Waals surface area (Å²) in [5.74, 6) is 0.675. The highest BCUT2D eigenvalue weighted by Gasteiger charge is 2.19. The first kappa shape index (κ1) is 16.1. The van der Waals surface area contributed by atoms with Crippen molar-refractivity contribution in [3.63, 3.8) is 0 Å². The van der Waals surface area contributed by atoms with Crippen molar-refractivity contribution in [3.05, 3.63) is 58.0 Å². The molecule has 0 aliphatic heterocycles. The van der Waals surface area contributed by atoms with Crippen LogP contribution in [0.3, 0.4) is 0 Å². The normalized spacial score (nSPS) is 11.0. The molecule has 0 saturated carbocycles. The molecule has 3 aromatic rings. The van der Waals surface area contributed by atoms with Crippen LogP contribution in [0, 0.1) is 25.7 Å². The van der Waals surface area contributed by atoms with Gasteiger partial charge in [0.05, 0.1) is 12.1 Å². The lowest BCUT2D eigenvalue weighted by atomic mass is 10.1. The van der Waals surface area contributed by atoms with Crippen LogP contribution >= 0.6 is 0 Å². The molecular formula is C19H20N2O3. The van der Waals surface area contributed by atoms with Gasteiger partial charge in [0.15, 0.2) is 5.69 Å². The van der Waals surface area contributed by atoms with Gasteiger partial charge in [0.2, 0.25) is 5.88 Å². The summed E-state index contributed by atoms with van der Waals surface area (Å²) in [7, 11) is 0. The Morgan fingerprint density at radius 1 is 1.17 bits per heavy atom. The van der Waals surface area contributed by atoms with E-state index in [9.17, 15) is 10.0 Å². The van der Waals surface area contributed by atoms with E-state index in [1.54, 1.807) is 4.57 Å². The number of nitrogens with zero attached hydrogens (tertiary/aromatic N) is 2. The Bertz CT molecular complexity index is 913. The van der Waals surface area contributed by atoms with Crippen LogP contribution in [-0.2, 0) is 6.54 Å². The standard InChI is InChI=1S/C19H20N2O3/c1-12-5-4-6-15(11-12)24-10-9-21-18-14(3)13(2)7-8-16(18)17(20-23)19(21)22/h4-8,11,22H,9-10H2,1-3H3. The summed E-state index contributed by atoms with van der Waals surface area (Å²) in [6.45, 7) is 6.79. The fourth-order valence-corrected chi connectivity index (χ4v) is 2.96. The van der Waals surface area contributed by atoms with Gasteiger partial charge in [-0.2, -0.15) is 0 Å². The summed E-state index contributed by atoms with van der Waals surface area (Å²) in [5.41, 5.74) is 4.16. The molecule has 0 aliphatic carbocycles. The zero-order chi connectivity index (χ0) is 17.3. The Balaban J connectivity index is 1.92. The van der Waals surface area contributed by atoms with Crippen molar-refractivity contribution in [2.75, 3.05) is 6.61 Å². The number of aromatic nitrogens is 1. The minimum Gasteiger partial charge on any atom is -0.493 e. The first-order valence-electron chi connectivity index (χ1n) is 7.87.